The largest absolute Gasteiger partial charge is 0.472 e. The number of esters is 1. The highest BCUT2D eigenvalue weighted by molar-refractivity contribution is 5.94. The topological polar surface area (TPSA) is 59.8 Å². The van der Waals surface area contributed by atoms with Crippen LogP contribution in [-0.4, -0.2) is 37.0 Å². The van der Waals surface area contributed by atoms with Crippen molar-refractivity contribution in [1.82, 2.24) is 4.90 Å². The van der Waals surface area contributed by atoms with Gasteiger partial charge in [-0.15, -0.1) is 0 Å². The fraction of sp³-hybridized carbons (Fsp3) is 0.647. The molecular formula is C17H27NO4. The SMILES string of the molecule is CCCCCCCCN(CCC(=O)OC)C(=O)c1ccoc1. The monoisotopic (exact) mass is 309 g/mol. The van der Waals surface area contributed by atoms with Gasteiger partial charge >= 0.3 is 5.97 Å². The number of nitrogens with zero attached hydrogens (tertiary/aromatic N) is 1. The Morgan fingerprint density at radius 1 is 1.14 bits per heavy atom. The predicted molar refractivity (Wildman–Crippen MR) is 84.6 cm³/mol. The van der Waals surface area contributed by atoms with E-state index in [2.05, 4.69) is 11.7 Å². The number of hydrogen-bond donors (Lipinski definition) is 0. The molecule has 1 aromatic heterocycles. The van der Waals surface area contributed by atoms with Gasteiger partial charge in [0.25, 0.3) is 5.91 Å². The summed E-state index contributed by atoms with van der Waals surface area (Å²) in [4.78, 5) is 25.4. The van der Waals surface area contributed by atoms with Gasteiger partial charge in [0.15, 0.2) is 0 Å². The van der Waals surface area contributed by atoms with E-state index in [1.807, 2.05) is 0 Å². The summed E-state index contributed by atoms with van der Waals surface area (Å²) in [5, 5.41) is 0. The highest BCUT2D eigenvalue weighted by Crippen LogP contribution is 2.10. The lowest BCUT2D eigenvalue weighted by molar-refractivity contribution is -0.140. The van der Waals surface area contributed by atoms with Gasteiger partial charge in [-0.25, -0.2) is 0 Å². The Balaban J connectivity index is 2.43. The second kappa shape index (κ2) is 10.9. The number of methoxy groups -OCH3 is 1. The molecule has 0 aromatic carbocycles. The minimum atomic E-state index is -0.298. The molecule has 0 fully saturated rings. The van der Waals surface area contributed by atoms with E-state index in [9.17, 15) is 9.59 Å². The van der Waals surface area contributed by atoms with Crippen LogP contribution in [0.4, 0.5) is 0 Å². The molecule has 0 aliphatic heterocycles. The third kappa shape index (κ3) is 6.78. The fourth-order valence-corrected chi connectivity index (χ4v) is 2.29. The molecular weight excluding hydrogens is 282 g/mol. The van der Waals surface area contributed by atoms with Gasteiger partial charge in [0.1, 0.15) is 6.26 Å². The Labute approximate surface area is 132 Å². The van der Waals surface area contributed by atoms with E-state index in [4.69, 9.17) is 4.42 Å². The summed E-state index contributed by atoms with van der Waals surface area (Å²) in [6.07, 6.45) is 10.1. The molecule has 22 heavy (non-hydrogen) atoms. The summed E-state index contributed by atoms with van der Waals surface area (Å²) in [6.45, 7) is 3.23. The van der Waals surface area contributed by atoms with Crippen molar-refractivity contribution in [3.63, 3.8) is 0 Å². The summed E-state index contributed by atoms with van der Waals surface area (Å²) in [5.74, 6) is -0.390. The van der Waals surface area contributed by atoms with Crippen LogP contribution in [0.3, 0.4) is 0 Å². The molecule has 0 saturated heterocycles. The first kappa shape index (κ1) is 18.3. The Morgan fingerprint density at radius 2 is 1.86 bits per heavy atom. The first-order valence-electron chi connectivity index (χ1n) is 8.07. The van der Waals surface area contributed by atoms with Crippen LogP contribution in [0.1, 0.15) is 62.2 Å². The van der Waals surface area contributed by atoms with Crippen molar-refractivity contribution < 1.29 is 18.7 Å². The van der Waals surface area contributed by atoms with Crippen LogP contribution in [0.15, 0.2) is 23.0 Å². The molecule has 0 spiro atoms. The maximum absolute atomic E-state index is 12.4. The maximum Gasteiger partial charge on any atom is 0.307 e. The first-order chi connectivity index (χ1) is 10.7. The summed E-state index contributed by atoms with van der Waals surface area (Å²) < 4.78 is 9.61. The van der Waals surface area contributed by atoms with Crippen molar-refractivity contribution in [2.24, 2.45) is 0 Å². The van der Waals surface area contributed by atoms with Crippen molar-refractivity contribution in [3.05, 3.63) is 24.2 Å². The molecule has 1 amide bonds. The third-order valence-corrected chi connectivity index (χ3v) is 3.65. The zero-order valence-corrected chi connectivity index (χ0v) is 13.7. The molecule has 0 saturated carbocycles. The number of carbonyl (C=O) groups is 2. The smallest absolute Gasteiger partial charge is 0.307 e. The minimum absolute atomic E-state index is 0.0915. The predicted octanol–water partition coefficient (Wildman–Crippen LogP) is 3.65. The zero-order valence-electron chi connectivity index (χ0n) is 13.7. The van der Waals surface area contributed by atoms with Crippen molar-refractivity contribution in [2.45, 2.75) is 51.9 Å². The third-order valence-electron chi connectivity index (χ3n) is 3.65. The molecule has 0 atom stereocenters. The van der Waals surface area contributed by atoms with Gasteiger partial charge in [0.05, 0.1) is 25.4 Å². The van der Waals surface area contributed by atoms with Crippen LogP contribution in [0, 0.1) is 0 Å². The quantitative estimate of drug-likeness (QED) is 0.462. The zero-order chi connectivity index (χ0) is 16.2. The highest BCUT2D eigenvalue weighted by atomic mass is 16.5. The number of unbranched alkanes of at least 4 members (excludes halogenated alkanes) is 5. The molecule has 1 aromatic rings. The normalized spacial score (nSPS) is 10.5. The summed E-state index contributed by atoms with van der Waals surface area (Å²) >= 11 is 0. The van der Waals surface area contributed by atoms with E-state index in [0.29, 0.717) is 18.7 Å². The Morgan fingerprint density at radius 3 is 2.50 bits per heavy atom. The Bertz CT molecular complexity index is 428. The molecule has 0 radical (unpaired) electrons. The van der Waals surface area contributed by atoms with E-state index in [1.165, 1.54) is 45.3 Å². The second-order valence-electron chi connectivity index (χ2n) is 5.40. The number of hydrogen-bond acceptors (Lipinski definition) is 4. The molecule has 5 heteroatoms. The number of amides is 1. The average molecular weight is 309 g/mol. The van der Waals surface area contributed by atoms with Gasteiger partial charge in [0.2, 0.25) is 0 Å². The summed E-state index contributed by atoms with van der Waals surface area (Å²) in [7, 11) is 1.36. The lowest BCUT2D eigenvalue weighted by Crippen LogP contribution is -2.34. The van der Waals surface area contributed by atoms with Gasteiger partial charge in [-0.3, -0.25) is 9.59 Å². The van der Waals surface area contributed by atoms with E-state index in [0.717, 1.165) is 12.8 Å². The number of carbonyl (C=O) groups excluding carboxylic acids is 2. The van der Waals surface area contributed by atoms with Crippen LogP contribution in [0.5, 0.6) is 0 Å². The molecule has 1 heterocycles. The first-order valence-corrected chi connectivity index (χ1v) is 8.07. The fourth-order valence-electron chi connectivity index (χ4n) is 2.29. The molecule has 0 N–H and O–H groups in total. The van der Waals surface area contributed by atoms with Crippen LogP contribution in [0.2, 0.25) is 0 Å². The number of rotatable bonds is 11. The molecule has 124 valence electrons. The summed E-state index contributed by atoms with van der Waals surface area (Å²) in [5.41, 5.74) is 0.524. The van der Waals surface area contributed by atoms with Crippen LogP contribution < -0.4 is 0 Å². The second-order valence-corrected chi connectivity index (χ2v) is 5.40. The Kier molecular flexibility index (Phi) is 9.03. The number of ether oxygens (including phenoxy) is 1. The van der Waals surface area contributed by atoms with Crippen molar-refractivity contribution in [2.75, 3.05) is 20.2 Å². The van der Waals surface area contributed by atoms with Crippen LogP contribution >= 0.6 is 0 Å². The van der Waals surface area contributed by atoms with Crippen LogP contribution in [0.25, 0.3) is 0 Å². The number of furan rings is 1. The molecule has 0 aliphatic carbocycles. The highest BCUT2D eigenvalue weighted by Gasteiger charge is 2.17. The van der Waals surface area contributed by atoms with Gasteiger partial charge in [-0.1, -0.05) is 39.0 Å². The van der Waals surface area contributed by atoms with Crippen molar-refractivity contribution >= 4 is 11.9 Å². The van der Waals surface area contributed by atoms with Gasteiger partial charge in [-0.05, 0) is 12.5 Å². The molecule has 0 unspecified atom stereocenters. The average Bonchev–Trinajstić information content (AvgIpc) is 3.06. The lowest BCUT2D eigenvalue weighted by atomic mass is 10.1. The molecule has 0 aliphatic rings. The van der Waals surface area contributed by atoms with Gasteiger partial charge in [0, 0.05) is 13.1 Å². The van der Waals surface area contributed by atoms with Gasteiger partial charge < -0.3 is 14.1 Å². The maximum atomic E-state index is 12.4. The van der Waals surface area contributed by atoms with Crippen molar-refractivity contribution in [3.8, 4) is 0 Å². The standard InChI is InChI=1S/C17H27NO4/c1-3-4-5-6-7-8-11-18(12-9-16(19)21-2)17(20)15-10-13-22-14-15/h10,13-14H,3-9,11-12H2,1-2H3. The van der Waals surface area contributed by atoms with E-state index < -0.39 is 0 Å². The summed E-state index contributed by atoms with van der Waals surface area (Å²) in [6, 6.07) is 1.65. The van der Waals surface area contributed by atoms with E-state index in [1.54, 1.807) is 11.0 Å². The lowest BCUT2D eigenvalue weighted by Gasteiger charge is -2.21. The molecule has 5 nitrogen and oxygen atoms in total. The molecule has 1 rings (SSSR count). The Hall–Kier alpha value is -1.78. The van der Waals surface area contributed by atoms with Gasteiger partial charge in [-0.2, -0.15) is 0 Å². The molecule has 0 bridgehead atoms. The van der Waals surface area contributed by atoms with E-state index in [-0.39, 0.29) is 18.3 Å². The minimum Gasteiger partial charge on any atom is -0.472 e. The van der Waals surface area contributed by atoms with E-state index >= 15 is 0 Å². The van der Waals surface area contributed by atoms with Crippen LogP contribution in [-0.2, 0) is 9.53 Å². The van der Waals surface area contributed by atoms with Crippen molar-refractivity contribution in [1.29, 1.82) is 0 Å².